The van der Waals surface area contributed by atoms with Gasteiger partial charge < -0.3 is 5.73 Å². The van der Waals surface area contributed by atoms with Crippen LogP contribution in [0.25, 0.3) is 0 Å². The van der Waals surface area contributed by atoms with Gasteiger partial charge in [0.1, 0.15) is 20.5 Å². The van der Waals surface area contributed by atoms with E-state index in [1.165, 1.54) is 12.1 Å². The van der Waals surface area contributed by atoms with Crippen molar-refractivity contribution in [2.24, 2.45) is 5.73 Å². The maximum Gasteiger partial charge on any atom is 0.248 e. The lowest BCUT2D eigenvalue weighted by atomic mass is 9.87. The van der Waals surface area contributed by atoms with Crippen molar-refractivity contribution in [3.63, 3.8) is 0 Å². The van der Waals surface area contributed by atoms with E-state index in [0.29, 0.717) is 29.5 Å². The largest absolute Gasteiger partial charge is 0.366 e. The molecule has 1 rings (SSSR count). The van der Waals surface area contributed by atoms with Crippen LogP contribution in [-0.2, 0) is 9.59 Å². The van der Waals surface area contributed by atoms with Gasteiger partial charge in [0.15, 0.2) is 11.6 Å². The van der Waals surface area contributed by atoms with E-state index in [9.17, 15) is 14.4 Å². The quantitative estimate of drug-likeness (QED) is 0.478. The summed E-state index contributed by atoms with van der Waals surface area (Å²) in [6, 6.07) is 2.88. The molecule has 0 fully saturated rings. The van der Waals surface area contributed by atoms with Crippen LogP contribution >= 0.6 is 46.4 Å². The summed E-state index contributed by atoms with van der Waals surface area (Å²) in [7, 11) is 0. The zero-order valence-corrected chi connectivity index (χ0v) is 19.6. The molecule has 1 aromatic rings. The summed E-state index contributed by atoms with van der Waals surface area (Å²) < 4.78 is 0. The van der Waals surface area contributed by atoms with Gasteiger partial charge in [-0.1, -0.05) is 13.8 Å². The molecule has 156 valence electrons. The molecule has 1 aromatic carbocycles. The summed E-state index contributed by atoms with van der Waals surface area (Å²) in [6.45, 7) is 8.37. The minimum atomic E-state index is -1.17. The van der Waals surface area contributed by atoms with Gasteiger partial charge >= 0.3 is 0 Å². The van der Waals surface area contributed by atoms with Crippen molar-refractivity contribution >= 4 is 63.9 Å². The van der Waals surface area contributed by atoms with Gasteiger partial charge in [-0.25, -0.2) is 0 Å². The van der Waals surface area contributed by atoms with Crippen LogP contribution in [0.3, 0.4) is 0 Å². The summed E-state index contributed by atoms with van der Waals surface area (Å²) >= 11 is 25.4. The Bertz CT molecular complexity index is 735. The lowest BCUT2D eigenvalue weighted by molar-refractivity contribution is -0.121. The molecular formula is C20H25Cl4NO3. The predicted molar refractivity (Wildman–Crippen MR) is 116 cm³/mol. The van der Waals surface area contributed by atoms with Crippen molar-refractivity contribution in [3.8, 4) is 0 Å². The summed E-state index contributed by atoms with van der Waals surface area (Å²) in [5.41, 5.74) is 6.71. The molecule has 4 atom stereocenters. The Hall–Kier alpha value is -0.810. The summed E-state index contributed by atoms with van der Waals surface area (Å²) in [6.07, 6.45) is 0.742. The highest BCUT2D eigenvalue weighted by atomic mass is 35.5. The molecule has 0 aliphatic rings. The molecule has 0 radical (unpaired) electrons. The first-order valence-corrected chi connectivity index (χ1v) is 10.5. The molecule has 0 aromatic heterocycles. The lowest BCUT2D eigenvalue weighted by Gasteiger charge is -2.26. The van der Waals surface area contributed by atoms with Gasteiger partial charge in [-0.2, -0.15) is 0 Å². The van der Waals surface area contributed by atoms with Crippen LogP contribution in [0.2, 0.25) is 0 Å². The van der Waals surface area contributed by atoms with Crippen molar-refractivity contribution in [3.05, 3.63) is 34.4 Å². The minimum absolute atomic E-state index is 0.0908. The molecular weight excluding hydrogens is 444 g/mol. The Labute approximate surface area is 186 Å². The van der Waals surface area contributed by atoms with Gasteiger partial charge in [0.25, 0.3) is 0 Å². The van der Waals surface area contributed by atoms with E-state index >= 15 is 0 Å². The summed E-state index contributed by atoms with van der Waals surface area (Å²) in [4.78, 5) is 35.0. The zero-order chi connectivity index (χ0) is 22.0. The predicted octanol–water partition coefficient (Wildman–Crippen LogP) is 5.61. The SMILES string of the molecule is CCC(C)(Cl)C(=O)C(Cl)c1cc(C(N)=O)cc(C(Cl)C(=O)C(C)(Cl)CC)c1C. The second-order valence-corrected chi connectivity index (χ2v) is 9.74. The third-order valence-electron chi connectivity index (χ3n) is 5.13. The van der Waals surface area contributed by atoms with Crippen molar-refractivity contribution in [1.29, 1.82) is 0 Å². The van der Waals surface area contributed by atoms with Crippen LogP contribution in [0.1, 0.15) is 78.3 Å². The molecule has 0 heterocycles. The van der Waals surface area contributed by atoms with E-state index in [-0.39, 0.29) is 5.56 Å². The second-order valence-electron chi connectivity index (χ2n) is 7.20. The highest BCUT2D eigenvalue weighted by molar-refractivity contribution is 6.43. The second kappa shape index (κ2) is 9.34. The number of benzene rings is 1. The number of nitrogens with two attached hydrogens (primary N) is 1. The summed E-state index contributed by atoms with van der Waals surface area (Å²) in [5.74, 6) is -1.56. The van der Waals surface area contributed by atoms with E-state index in [4.69, 9.17) is 52.1 Å². The van der Waals surface area contributed by atoms with Crippen LogP contribution in [0.4, 0.5) is 0 Å². The van der Waals surface area contributed by atoms with Crippen molar-refractivity contribution in [2.75, 3.05) is 0 Å². The van der Waals surface area contributed by atoms with Gasteiger partial charge in [-0.05, 0) is 62.4 Å². The number of primary amides is 1. The molecule has 4 nitrogen and oxygen atoms in total. The third kappa shape index (κ3) is 5.21. The van der Waals surface area contributed by atoms with Gasteiger partial charge in [-0.3, -0.25) is 14.4 Å². The number of Topliss-reactive ketones (excluding diaryl/α,β-unsaturated/α-hetero) is 2. The maximum absolute atomic E-state index is 12.7. The minimum Gasteiger partial charge on any atom is -0.366 e. The van der Waals surface area contributed by atoms with E-state index < -0.39 is 38.0 Å². The number of amides is 1. The van der Waals surface area contributed by atoms with E-state index in [1.54, 1.807) is 34.6 Å². The number of rotatable bonds is 9. The number of halogens is 4. The standard InChI is InChI=1S/C20H25Cl4NO3/c1-6-19(4,23)16(26)14(21)12-8-11(18(25)28)9-13(10(12)3)15(22)17(27)20(5,24)7-2/h8-9,14-15H,6-7H2,1-5H3,(H2,25,28). The number of hydrogen-bond acceptors (Lipinski definition) is 3. The van der Waals surface area contributed by atoms with Crippen LogP contribution < -0.4 is 5.73 Å². The smallest absolute Gasteiger partial charge is 0.248 e. The van der Waals surface area contributed by atoms with Crippen molar-refractivity contribution < 1.29 is 14.4 Å². The number of carbonyl (C=O) groups excluding carboxylic acids is 3. The molecule has 8 heteroatoms. The molecule has 28 heavy (non-hydrogen) atoms. The van der Waals surface area contributed by atoms with E-state index in [0.717, 1.165) is 0 Å². The lowest BCUT2D eigenvalue weighted by Crippen LogP contribution is -2.33. The number of carbonyl (C=O) groups is 3. The average molecular weight is 469 g/mol. The number of ketones is 2. The Kier molecular flexibility index (Phi) is 8.41. The van der Waals surface area contributed by atoms with Gasteiger partial charge in [0.05, 0.1) is 0 Å². The first kappa shape index (κ1) is 25.2. The Morgan fingerprint density at radius 1 is 0.929 bits per heavy atom. The molecule has 0 saturated carbocycles. The number of alkyl halides is 4. The molecule has 0 spiro atoms. The molecule has 2 N–H and O–H groups in total. The van der Waals surface area contributed by atoms with Crippen LogP contribution in [0, 0.1) is 6.92 Å². The molecule has 0 aliphatic carbocycles. The molecule has 1 amide bonds. The van der Waals surface area contributed by atoms with Crippen LogP contribution in [0.5, 0.6) is 0 Å². The molecule has 0 bridgehead atoms. The fourth-order valence-corrected chi connectivity index (χ4v) is 3.85. The van der Waals surface area contributed by atoms with Crippen molar-refractivity contribution in [2.45, 2.75) is 68.0 Å². The number of hydrogen-bond donors (Lipinski definition) is 1. The van der Waals surface area contributed by atoms with Crippen LogP contribution in [-0.4, -0.2) is 27.2 Å². The first-order chi connectivity index (χ1) is 12.7. The Morgan fingerprint density at radius 3 is 1.50 bits per heavy atom. The Balaban J connectivity index is 3.60. The topological polar surface area (TPSA) is 77.2 Å². The van der Waals surface area contributed by atoms with Gasteiger partial charge in [-0.15, -0.1) is 46.4 Å². The normalized spacial score (nSPS) is 17.9. The monoisotopic (exact) mass is 467 g/mol. The van der Waals surface area contributed by atoms with Crippen LogP contribution in [0.15, 0.2) is 12.1 Å². The fraction of sp³-hybridized carbons (Fsp3) is 0.550. The zero-order valence-electron chi connectivity index (χ0n) is 16.5. The molecule has 0 saturated heterocycles. The molecule has 4 unspecified atom stereocenters. The van der Waals surface area contributed by atoms with Gasteiger partial charge in [0, 0.05) is 5.56 Å². The first-order valence-electron chi connectivity index (χ1n) is 8.90. The van der Waals surface area contributed by atoms with Gasteiger partial charge in [0.2, 0.25) is 5.91 Å². The highest BCUT2D eigenvalue weighted by Crippen LogP contribution is 2.39. The highest BCUT2D eigenvalue weighted by Gasteiger charge is 2.38. The van der Waals surface area contributed by atoms with E-state index in [2.05, 4.69) is 0 Å². The summed E-state index contributed by atoms with van der Waals surface area (Å²) in [5, 5.41) is -2.26. The van der Waals surface area contributed by atoms with E-state index in [1.807, 2.05) is 0 Å². The van der Waals surface area contributed by atoms with Crippen molar-refractivity contribution in [1.82, 2.24) is 0 Å². The third-order valence-corrected chi connectivity index (χ3v) is 6.91. The fourth-order valence-electron chi connectivity index (χ4n) is 2.59. The average Bonchev–Trinajstić information content (AvgIpc) is 2.65. The maximum atomic E-state index is 12.7. The Morgan fingerprint density at radius 2 is 1.25 bits per heavy atom. The molecule has 0 aliphatic heterocycles.